The molecule has 7 rings (SSSR count). The Labute approximate surface area is 248 Å². The lowest BCUT2D eigenvalue weighted by molar-refractivity contribution is -0.384. The number of rotatable bonds is 5. The van der Waals surface area contributed by atoms with Crippen LogP contribution in [0.4, 0.5) is 11.4 Å². The topological polar surface area (TPSA) is 110 Å². The minimum absolute atomic E-state index is 0.0950. The fourth-order valence-electron chi connectivity index (χ4n) is 6.90. The number of Topliss-reactive ketones (excluding diaryl/α,β-unsaturated/α-hetero) is 2. The number of nitrogens with zero attached hydrogens (tertiary/aromatic N) is 2. The lowest BCUT2D eigenvalue weighted by Crippen LogP contribution is -2.49. The van der Waals surface area contributed by atoms with Crippen LogP contribution < -0.4 is 5.32 Å². The van der Waals surface area contributed by atoms with Crippen molar-refractivity contribution in [3.05, 3.63) is 146 Å². The summed E-state index contributed by atoms with van der Waals surface area (Å²) in [5.41, 5.74) is 1.67. The van der Waals surface area contributed by atoms with Crippen LogP contribution in [0.3, 0.4) is 0 Å². The highest BCUT2D eigenvalue weighted by atomic mass is 79.9. The number of hydrogen-bond donors (Lipinski definition) is 1. The fourth-order valence-corrected chi connectivity index (χ4v) is 7.17. The molecule has 1 fully saturated rings. The van der Waals surface area contributed by atoms with Gasteiger partial charge in [-0.3, -0.25) is 24.5 Å². The summed E-state index contributed by atoms with van der Waals surface area (Å²) < 4.78 is 0.780. The van der Waals surface area contributed by atoms with Crippen LogP contribution >= 0.6 is 15.9 Å². The SMILES string of the molecule is O=C(c1cccc([N+](=O)[O-])c1)[C@@H]1[C@H](C(=O)c2ccc(Br)cc2)[C@]2(C(=O)Nc3ccccc32)[C@@H]2c3ccccc3C=CN12. The summed E-state index contributed by atoms with van der Waals surface area (Å²) in [6.45, 7) is 0. The molecule has 1 amide bonds. The number of ketones is 2. The maximum Gasteiger partial charge on any atom is 0.270 e. The second-order valence-electron chi connectivity index (χ2n) is 10.6. The molecule has 0 radical (unpaired) electrons. The number of para-hydroxylation sites is 1. The third-order valence-electron chi connectivity index (χ3n) is 8.59. The Morgan fingerprint density at radius 2 is 1.62 bits per heavy atom. The van der Waals surface area contributed by atoms with Crippen molar-refractivity contribution in [2.45, 2.75) is 17.5 Å². The summed E-state index contributed by atoms with van der Waals surface area (Å²) in [6.07, 6.45) is 3.65. The molecular weight excluding hydrogens is 598 g/mol. The number of anilines is 1. The van der Waals surface area contributed by atoms with Gasteiger partial charge in [0.2, 0.25) is 5.91 Å². The Bertz CT molecular complexity index is 1850. The summed E-state index contributed by atoms with van der Waals surface area (Å²) in [4.78, 5) is 56.6. The first kappa shape index (κ1) is 26.0. The van der Waals surface area contributed by atoms with Gasteiger partial charge in [0.25, 0.3) is 5.69 Å². The lowest BCUT2D eigenvalue weighted by atomic mass is 9.62. The molecule has 9 heteroatoms. The number of carbonyl (C=O) groups excluding carboxylic acids is 3. The van der Waals surface area contributed by atoms with E-state index in [1.807, 2.05) is 53.4 Å². The molecule has 4 aromatic rings. The zero-order valence-corrected chi connectivity index (χ0v) is 23.5. The molecule has 3 aliphatic rings. The van der Waals surface area contributed by atoms with Gasteiger partial charge in [0.05, 0.1) is 16.9 Å². The molecule has 1 N–H and O–H groups in total. The molecule has 0 saturated carbocycles. The van der Waals surface area contributed by atoms with E-state index < -0.39 is 34.1 Å². The highest BCUT2D eigenvalue weighted by Gasteiger charge is 2.70. The minimum atomic E-state index is -1.47. The molecule has 0 aromatic heterocycles. The van der Waals surface area contributed by atoms with E-state index >= 15 is 0 Å². The predicted molar refractivity (Wildman–Crippen MR) is 160 cm³/mol. The second-order valence-corrected chi connectivity index (χ2v) is 11.5. The average molecular weight is 620 g/mol. The number of nitro benzene ring substituents is 1. The van der Waals surface area contributed by atoms with Gasteiger partial charge in [0.1, 0.15) is 11.5 Å². The van der Waals surface area contributed by atoms with E-state index in [0.717, 1.165) is 15.6 Å². The number of fused-ring (bicyclic) bond motifs is 6. The van der Waals surface area contributed by atoms with Gasteiger partial charge < -0.3 is 10.2 Å². The van der Waals surface area contributed by atoms with Crippen LogP contribution in [0, 0.1) is 16.0 Å². The zero-order valence-electron chi connectivity index (χ0n) is 21.9. The van der Waals surface area contributed by atoms with Gasteiger partial charge in [-0.25, -0.2) is 0 Å². The highest BCUT2D eigenvalue weighted by Crippen LogP contribution is 2.62. The highest BCUT2D eigenvalue weighted by molar-refractivity contribution is 9.10. The largest absolute Gasteiger partial charge is 0.358 e. The summed E-state index contributed by atoms with van der Waals surface area (Å²) >= 11 is 3.42. The molecule has 0 bridgehead atoms. The maximum absolute atomic E-state index is 14.7. The van der Waals surface area contributed by atoms with Crippen molar-refractivity contribution in [1.29, 1.82) is 0 Å². The number of nitro groups is 1. The maximum atomic E-state index is 14.7. The summed E-state index contributed by atoms with van der Waals surface area (Å²) in [5.74, 6) is -2.36. The fraction of sp³-hybridized carbons (Fsp3) is 0.121. The summed E-state index contributed by atoms with van der Waals surface area (Å²) in [5, 5.41) is 14.6. The van der Waals surface area contributed by atoms with Gasteiger partial charge in [0.15, 0.2) is 11.6 Å². The first-order chi connectivity index (χ1) is 20.3. The van der Waals surface area contributed by atoms with Gasteiger partial charge in [-0.05, 0) is 41.0 Å². The number of nitrogens with one attached hydrogen (secondary N) is 1. The van der Waals surface area contributed by atoms with Crippen LogP contribution in [0.1, 0.15) is 43.4 Å². The first-order valence-corrected chi connectivity index (χ1v) is 14.2. The van der Waals surface area contributed by atoms with Crippen LogP contribution in [0.25, 0.3) is 6.08 Å². The van der Waals surface area contributed by atoms with Crippen molar-refractivity contribution in [2.75, 3.05) is 5.32 Å². The van der Waals surface area contributed by atoms with Crippen LogP contribution in [-0.2, 0) is 10.2 Å². The monoisotopic (exact) mass is 619 g/mol. The minimum Gasteiger partial charge on any atom is -0.358 e. The van der Waals surface area contributed by atoms with Gasteiger partial charge >= 0.3 is 0 Å². The molecule has 1 spiro atoms. The molecule has 3 aliphatic heterocycles. The number of carbonyl (C=O) groups is 3. The quantitative estimate of drug-likeness (QED) is 0.159. The number of amides is 1. The number of halogens is 1. The van der Waals surface area contributed by atoms with Crippen molar-refractivity contribution in [3.8, 4) is 0 Å². The molecule has 1 saturated heterocycles. The third-order valence-corrected chi connectivity index (χ3v) is 9.12. The Morgan fingerprint density at radius 1 is 0.881 bits per heavy atom. The molecule has 206 valence electrons. The Kier molecular flexibility index (Phi) is 5.95. The molecule has 8 nitrogen and oxygen atoms in total. The predicted octanol–water partition coefficient (Wildman–Crippen LogP) is 6.34. The first-order valence-electron chi connectivity index (χ1n) is 13.4. The summed E-state index contributed by atoms with van der Waals surface area (Å²) in [6, 6.07) is 25.5. The Morgan fingerprint density at radius 3 is 2.40 bits per heavy atom. The molecule has 4 atom stereocenters. The van der Waals surface area contributed by atoms with E-state index in [2.05, 4.69) is 21.2 Å². The van der Waals surface area contributed by atoms with Crippen molar-refractivity contribution >= 4 is 50.9 Å². The number of non-ortho nitro benzene ring substituents is 1. The standard InChI is InChI=1S/C33H22BrN3O5/c34-22-14-12-20(13-15-22)29(38)27-28(30(39)21-7-5-8-23(18-21)37(41)42)36-17-16-19-6-1-2-9-24(19)31(36)33(27)25-10-3-4-11-26(25)35-32(33)40/h1-18,27-28,31H,(H,35,40)/t27-,28+,31+,33+/m1/s1. The molecule has 3 heterocycles. The number of hydrogen-bond acceptors (Lipinski definition) is 6. The van der Waals surface area contributed by atoms with E-state index in [9.17, 15) is 24.5 Å². The van der Waals surface area contributed by atoms with Gasteiger partial charge in [-0.1, -0.05) is 82.7 Å². The van der Waals surface area contributed by atoms with Crippen LogP contribution in [0.2, 0.25) is 0 Å². The second kappa shape index (κ2) is 9.60. The summed E-state index contributed by atoms with van der Waals surface area (Å²) in [7, 11) is 0. The van der Waals surface area contributed by atoms with Gasteiger partial charge in [0, 0.05) is 39.6 Å². The van der Waals surface area contributed by atoms with E-state index in [0.29, 0.717) is 16.8 Å². The van der Waals surface area contributed by atoms with E-state index in [1.54, 1.807) is 36.5 Å². The van der Waals surface area contributed by atoms with Crippen LogP contribution in [-0.4, -0.2) is 33.3 Å². The number of benzene rings is 4. The van der Waals surface area contributed by atoms with E-state index in [4.69, 9.17) is 0 Å². The molecule has 0 unspecified atom stereocenters. The zero-order chi connectivity index (χ0) is 29.2. The van der Waals surface area contributed by atoms with Crippen LogP contribution in [0.5, 0.6) is 0 Å². The van der Waals surface area contributed by atoms with Crippen LogP contribution in [0.15, 0.2) is 108 Å². The lowest BCUT2D eigenvalue weighted by Gasteiger charge is -2.38. The molecule has 42 heavy (non-hydrogen) atoms. The Hall–Kier alpha value is -4.89. The van der Waals surface area contributed by atoms with Crippen molar-refractivity contribution in [3.63, 3.8) is 0 Å². The van der Waals surface area contributed by atoms with Crippen molar-refractivity contribution in [1.82, 2.24) is 4.90 Å². The van der Waals surface area contributed by atoms with Crippen molar-refractivity contribution in [2.24, 2.45) is 5.92 Å². The molecule has 4 aromatic carbocycles. The van der Waals surface area contributed by atoms with Crippen molar-refractivity contribution < 1.29 is 19.3 Å². The molecular formula is C33H22BrN3O5. The smallest absolute Gasteiger partial charge is 0.270 e. The average Bonchev–Trinajstić information content (AvgIpc) is 3.49. The third kappa shape index (κ3) is 3.63. The van der Waals surface area contributed by atoms with E-state index in [-0.39, 0.29) is 22.9 Å². The van der Waals surface area contributed by atoms with E-state index in [1.165, 1.54) is 24.3 Å². The normalized spacial score (nSPS) is 23.2. The van der Waals surface area contributed by atoms with Gasteiger partial charge in [-0.2, -0.15) is 0 Å². The van der Waals surface area contributed by atoms with Gasteiger partial charge in [-0.15, -0.1) is 0 Å². The molecule has 0 aliphatic carbocycles. The Balaban J connectivity index is 1.53.